The highest BCUT2D eigenvalue weighted by Crippen LogP contribution is 2.18. The fourth-order valence-corrected chi connectivity index (χ4v) is 3.71. The zero-order valence-corrected chi connectivity index (χ0v) is 17.3. The number of piperazine rings is 1. The smallest absolute Gasteiger partial charge is 0.251 e. The van der Waals surface area contributed by atoms with Crippen LogP contribution in [0.5, 0.6) is 5.75 Å². The average molecular weight is 439 g/mol. The van der Waals surface area contributed by atoms with Crippen LogP contribution < -0.4 is 10.1 Å². The number of carbonyl (C=O) groups is 1. The number of carbonyl (C=O) groups excluding carboxylic acids is 1. The van der Waals surface area contributed by atoms with Gasteiger partial charge in [-0.15, -0.1) is 0 Å². The standard InChI is InChI=1S/C19H27BrN4O3/c1-21-19(22-7-13-26-16-5-2-4-15(20)14-16)24-10-8-23(9-11-24)18(25)17-6-3-12-27-17/h2,4-5,14,17H,3,6-13H2,1H3,(H,21,22). The number of amides is 1. The zero-order chi connectivity index (χ0) is 19.1. The molecule has 0 aromatic heterocycles. The fraction of sp³-hybridized carbons (Fsp3) is 0.579. The fourth-order valence-electron chi connectivity index (χ4n) is 3.34. The Morgan fingerprint density at radius 3 is 2.78 bits per heavy atom. The summed E-state index contributed by atoms with van der Waals surface area (Å²) in [5, 5.41) is 3.33. The molecule has 1 unspecified atom stereocenters. The molecule has 8 heteroatoms. The Bertz CT molecular complexity index is 656. The van der Waals surface area contributed by atoms with Crippen LogP contribution in [0.25, 0.3) is 0 Å². The summed E-state index contributed by atoms with van der Waals surface area (Å²) >= 11 is 3.44. The van der Waals surface area contributed by atoms with Gasteiger partial charge in [0.15, 0.2) is 5.96 Å². The molecule has 7 nitrogen and oxygen atoms in total. The van der Waals surface area contributed by atoms with Gasteiger partial charge in [0.05, 0.1) is 6.54 Å². The summed E-state index contributed by atoms with van der Waals surface area (Å²) in [7, 11) is 1.78. The highest BCUT2D eigenvalue weighted by molar-refractivity contribution is 9.10. The first kappa shape index (κ1) is 19.9. The van der Waals surface area contributed by atoms with Crippen LogP contribution >= 0.6 is 15.9 Å². The second-order valence-electron chi connectivity index (χ2n) is 6.59. The molecular formula is C19H27BrN4O3. The summed E-state index contributed by atoms with van der Waals surface area (Å²) in [5.41, 5.74) is 0. The molecular weight excluding hydrogens is 412 g/mol. The average Bonchev–Trinajstić information content (AvgIpc) is 3.23. The molecule has 2 aliphatic rings. The third-order valence-electron chi connectivity index (χ3n) is 4.76. The number of guanidine groups is 1. The Hall–Kier alpha value is -1.80. The number of ether oxygens (including phenoxy) is 2. The molecule has 148 valence electrons. The van der Waals surface area contributed by atoms with Crippen molar-refractivity contribution in [1.82, 2.24) is 15.1 Å². The second-order valence-corrected chi connectivity index (χ2v) is 7.51. The lowest BCUT2D eigenvalue weighted by Gasteiger charge is -2.37. The lowest BCUT2D eigenvalue weighted by Crippen LogP contribution is -2.55. The number of hydrogen-bond donors (Lipinski definition) is 1. The predicted octanol–water partition coefficient (Wildman–Crippen LogP) is 1.73. The van der Waals surface area contributed by atoms with Crippen molar-refractivity contribution in [3.05, 3.63) is 28.7 Å². The van der Waals surface area contributed by atoms with Crippen molar-refractivity contribution in [2.45, 2.75) is 18.9 Å². The predicted molar refractivity (Wildman–Crippen MR) is 108 cm³/mol. The van der Waals surface area contributed by atoms with Gasteiger partial charge in [-0.1, -0.05) is 22.0 Å². The van der Waals surface area contributed by atoms with Crippen molar-refractivity contribution in [3.8, 4) is 5.75 Å². The molecule has 0 bridgehead atoms. The molecule has 3 rings (SSSR count). The van der Waals surface area contributed by atoms with E-state index in [2.05, 4.69) is 31.1 Å². The van der Waals surface area contributed by atoms with Crippen LogP contribution in [0.4, 0.5) is 0 Å². The Kier molecular flexibility index (Phi) is 7.34. The second kappa shape index (κ2) is 9.94. The number of rotatable bonds is 5. The van der Waals surface area contributed by atoms with Crippen LogP contribution in [-0.4, -0.2) is 80.8 Å². The minimum atomic E-state index is -0.232. The van der Waals surface area contributed by atoms with E-state index in [0.717, 1.165) is 42.1 Å². The first-order valence-electron chi connectivity index (χ1n) is 9.42. The molecule has 27 heavy (non-hydrogen) atoms. The van der Waals surface area contributed by atoms with Gasteiger partial charge in [-0.3, -0.25) is 9.79 Å². The van der Waals surface area contributed by atoms with E-state index in [9.17, 15) is 4.79 Å². The largest absolute Gasteiger partial charge is 0.492 e. The summed E-state index contributed by atoms with van der Waals surface area (Å²) < 4.78 is 12.3. The maximum Gasteiger partial charge on any atom is 0.251 e. The molecule has 1 aromatic carbocycles. The van der Waals surface area contributed by atoms with E-state index in [4.69, 9.17) is 9.47 Å². The summed E-state index contributed by atoms with van der Waals surface area (Å²) in [5.74, 6) is 1.82. The highest BCUT2D eigenvalue weighted by atomic mass is 79.9. The monoisotopic (exact) mass is 438 g/mol. The number of hydrogen-bond acceptors (Lipinski definition) is 4. The molecule has 1 N–H and O–H groups in total. The van der Waals surface area contributed by atoms with Crippen LogP contribution in [0.3, 0.4) is 0 Å². The molecule has 0 aliphatic carbocycles. The quantitative estimate of drug-likeness (QED) is 0.430. The molecule has 1 amide bonds. The van der Waals surface area contributed by atoms with Gasteiger partial charge in [-0.2, -0.15) is 0 Å². The number of nitrogens with one attached hydrogen (secondary N) is 1. The van der Waals surface area contributed by atoms with Gasteiger partial charge in [0, 0.05) is 44.3 Å². The first-order chi connectivity index (χ1) is 13.2. The highest BCUT2D eigenvalue weighted by Gasteiger charge is 2.30. The number of nitrogens with zero attached hydrogens (tertiary/aromatic N) is 3. The Morgan fingerprint density at radius 1 is 1.33 bits per heavy atom. The Morgan fingerprint density at radius 2 is 2.11 bits per heavy atom. The summed E-state index contributed by atoms with van der Waals surface area (Å²) in [6, 6.07) is 7.79. The topological polar surface area (TPSA) is 66.4 Å². The van der Waals surface area contributed by atoms with Crippen molar-refractivity contribution < 1.29 is 14.3 Å². The number of halogens is 1. The maximum atomic E-state index is 12.4. The summed E-state index contributed by atoms with van der Waals surface area (Å²) in [4.78, 5) is 20.9. The van der Waals surface area contributed by atoms with Gasteiger partial charge in [0.2, 0.25) is 0 Å². The SMILES string of the molecule is CN=C(NCCOc1cccc(Br)c1)N1CCN(C(=O)C2CCCO2)CC1. The van der Waals surface area contributed by atoms with Crippen molar-refractivity contribution in [2.24, 2.45) is 4.99 Å². The van der Waals surface area contributed by atoms with E-state index in [0.29, 0.717) is 32.8 Å². The molecule has 2 fully saturated rings. The molecule has 2 heterocycles. The van der Waals surface area contributed by atoms with Gasteiger partial charge in [0.25, 0.3) is 5.91 Å². The van der Waals surface area contributed by atoms with Gasteiger partial charge in [0.1, 0.15) is 18.5 Å². The molecule has 0 radical (unpaired) electrons. The summed E-state index contributed by atoms with van der Waals surface area (Å²) in [6.07, 6.45) is 1.60. The maximum absolute atomic E-state index is 12.4. The zero-order valence-electron chi connectivity index (χ0n) is 15.7. The molecule has 2 saturated heterocycles. The molecule has 1 atom stereocenters. The van der Waals surface area contributed by atoms with E-state index < -0.39 is 0 Å². The van der Waals surface area contributed by atoms with E-state index in [-0.39, 0.29) is 12.0 Å². The number of aliphatic imine (C=N–C) groups is 1. The lowest BCUT2D eigenvalue weighted by atomic mass is 10.2. The molecule has 1 aromatic rings. The van der Waals surface area contributed by atoms with Crippen molar-refractivity contribution in [3.63, 3.8) is 0 Å². The van der Waals surface area contributed by atoms with E-state index in [1.807, 2.05) is 29.2 Å². The minimum Gasteiger partial charge on any atom is -0.492 e. The third kappa shape index (κ3) is 5.59. The molecule has 2 aliphatic heterocycles. The minimum absolute atomic E-state index is 0.137. The van der Waals surface area contributed by atoms with Crippen LogP contribution in [0.1, 0.15) is 12.8 Å². The van der Waals surface area contributed by atoms with E-state index in [1.54, 1.807) is 7.05 Å². The van der Waals surface area contributed by atoms with E-state index in [1.165, 1.54) is 0 Å². The van der Waals surface area contributed by atoms with Crippen molar-refractivity contribution in [1.29, 1.82) is 0 Å². The van der Waals surface area contributed by atoms with Gasteiger partial charge in [-0.25, -0.2) is 0 Å². The van der Waals surface area contributed by atoms with Crippen LogP contribution in [0, 0.1) is 0 Å². The normalized spacial score (nSPS) is 20.7. The Labute approximate surface area is 168 Å². The van der Waals surface area contributed by atoms with Crippen LogP contribution in [0.2, 0.25) is 0 Å². The molecule has 0 spiro atoms. The van der Waals surface area contributed by atoms with Crippen molar-refractivity contribution in [2.75, 3.05) is 53.0 Å². The van der Waals surface area contributed by atoms with Gasteiger partial charge < -0.3 is 24.6 Å². The van der Waals surface area contributed by atoms with Crippen molar-refractivity contribution >= 4 is 27.8 Å². The van der Waals surface area contributed by atoms with Crippen LogP contribution in [0.15, 0.2) is 33.7 Å². The lowest BCUT2D eigenvalue weighted by molar-refractivity contribution is -0.142. The van der Waals surface area contributed by atoms with Gasteiger partial charge >= 0.3 is 0 Å². The van der Waals surface area contributed by atoms with Gasteiger partial charge in [-0.05, 0) is 31.0 Å². The van der Waals surface area contributed by atoms with Crippen LogP contribution in [-0.2, 0) is 9.53 Å². The number of benzene rings is 1. The Balaban J connectivity index is 1.39. The first-order valence-corrected chi connectivity index (χ1v) is 10.2. The third-order valence-corrected chi connectivity index (χ3v) is 5.25. The van der Waals surface area contributed by atoms with E-state index >= 15 is 0 Å². The molecule has 0 saturated carbocycles. The summed E-state index contributed by atoms with van der Waals surface area (Å²) in [6.45, 7) is 4.85.